The molecule has 0 bridgehead atoms. The van der Waals surface area contributed by atoms with Gasteiger partial charge in [0.2, 0.25) is 0 Å². The molecule has 2 rings (SSSR count). The molecule has 1 aliphatic rings. The molecule has 0 aromatic carbocycles. The van der Waals surface area contributed by atoms with E-state index in [2.05, 4.69) is 9.97 Å². The second-order valence-electron chi connectivity index (χ2n) is 2.47. The third kappa shape index (κ3) is 1.05. The Labute approximate surface area is 63.6 Å². The molecule has 4 heteroatoms. The van der Waals surface area contributed by atoms with Gasteiger partial charge >= 0.3 is 0 Å². The Balaban J connectivity index is 2.39. The Morgan fingerprint density at radius 3 is 3.27 bits per heavy atom. The van der Waals surface area contributed by atoms with Crippen LogP contribution in [0.15, 0.2) is 0 Å². The molecule has 0 saturated carbocycles. The van der Waals surface area contributed by atoms with Crippen molar-refractivity contribution in [3.05, 3.63) is 17.2 Å². The molecule has 0 aliphatic carbocycles. The molecule has 0 unspecified atom stereocenters. The van der Waals surface area contributed by atoms with Gasteiger partial charge in [-0.1, -0.05) is 0 Å². The van der Waals surface area contributed by atoms with Crippen LogP contribution >= 0.6 is 0 Å². The molecular formula is C7H8N2O2. The van der Waals surface area contributed by atoms with E-state index in [1.165, 1.54) is 0 Å². The lowest BCUT2D eigenvalue weighted by molar-refractivity contribution is 0.107. The van der Waals surface area contributed by atoms with E-state index in [-0.39, 0.29) is 0 Å². The normalized spacial score (nSPS) is 16.0. The topological polar surface area (TPSA) is 55.0 Å². The average molecular weight is 152 g/mol. The number of hydrogen-bond donors (Lipinski definition) is 1. The summed E-state index contributed by atoms with van der Waals surface area (Å²) in [7, 11) is 0. The molecule has 11 heavy (non-hydrogen) atoms. The fourth-order valence-electron chi connectivity index (χ4n) is 1.19. The second-order valence-corrected chi connectivity index (χ2v) is 2.47. The highest BCUT2D eigenvalue weighted by Crippen LogP contribution is 2.12. The first-order valence-corrected chi connectivity index (χ1v) is 3.51. The number of nitrogens with zero attached hydrogens (tertiary/aromatic N) is 1. The summed E-state index contributed by atoms with van der Waals surface area (Å²) in [5.74, 6) is 0.403. The lowest BCUT2D eigenvalue weighted by Gasteiger charge is -2.09. The maximum atomic E-state index is 10.3. The lowest BCUT2D eigenvalue weighted by atomic mass is 10.2. The van der Waals surface area contributed by atoms with Crippen molar-refractivity contribution in [2.45, 2.75) is 13.0 Å². The predicted molar refractivity (Wildman–Crippen MR) is 37.3 cm³/mol. The predicted octanol–water partition coefficient (Wildman–Crippen LogP) is 0.295. The number of carbonyl (C=O) groups is 1. The molecule has 1 aromatic rings. The number of rotatable bonds is 1. The maximum Gasteiger partial charge on any atom is 0.185 e. The summed E-state index contributed by atoms with van der Waals surface area (Å²) >= 11 is 0. The summed E-state index contributed by atoms with van der Waals surface area (Å²) in [6.07, 6.45) is 1.53. The van der Waals surface area contributed by atoms with Gasteiger partial charge in [-0.3, -0.25) is 4.79 Å². The van der Waals surface area contributed by atoms with Crippen molar-refractivity contribution in [2.24, 2.45) is 0 Å². The van der Waals surface area contributed by atoms with Crippen LogP contribution in [0, 0.1) is 0 Å². The number of aromatic amines is 1. The monoisotopic (exact) mass is 152 g/mol. The van der Waals surface area contributed by atoms with Crippen molar-refractivity contribution in [1.82, 2.24) is 9.97 Å². The van der Waals surface area contributed by atoms with Gasteiger partial charge in [0.05, 0.1) is 24.6 Å². The molecule has 0 atom stereocenters. The first-order valence-electron chi connectivity index (χ1n) is 3.51. The molecule has 1 N–H and O–H groups in total. The molecule has 0 saturated heterocycles. The maximum absolute atomic E-state index is 10.3. The summed E-state index contributed by atoms with van der Waals surface area (Å²) in [4.78, 5) is 17.2. The van der Waals surface area contributed by atoms with Crippen molar-refractivity contribution in [3.8, 4) is 0 Å². The van der Waals surface area contributed by atoms with E-state index in [1.54, 1.807) is 0 Å². The van der Waals surface area contributed by atoms with Gasteiger partial charge in [0.25, 0.3) is 0 Å². The second kappa shape index (κ2) is 2.47. The quantitative estimate of drug-likeness (QED) is 0.588. The Bertz CT molecular complexity index is 256. The largest absolute Gasteiger partial charge is 0.375 e. The van der Waals surface area contributed by atoms with Crippen LogP contribution in [0.2, 0.25) is 0 Å². The molecule has 0 spiro atoms. The van der Waals surface area contributed by atoms with Gasteiger partial charge in [0.15, 0.2) is 12.1 Å². The van der Waals surface area contributed by atoms with Crippen molar-refractivity contribution in [3.63, 3.8) is 0 Å². The number of fused-ring (bicyclic) bond motifs is 1. The lowest BCUT2D eigenvalue weighted by Crippen LogP contribution is -2.08. The Hall–Kier alpha value is -1.16. The van der Waals surface area contributed by atoms with Crippen LogP contribution in [0.1, 0.15) is 22.0 Å². The first kappa shape index (κ1) is 6.54. The highest BCUT2D eigenvalue weighted by Gasteiger charge is 2.13. The Morgan fingerprint density at radius 2 is 2.55 bits per heavy atom. The zero-order chi connectivity index (χ0) is 7.68. The molecule has 2 heterocycles. The molecule has 0 amide bonds. The molecule has 58 valence electrons. The van der Waals surface area contributed by atoms with E-state index in [1.807, 2.05) is 0 Å². The van der Waals surface area contributed by atoms with E-state index >= 15 is 0 Å². The van der Waals surface area contributed by atoms with Gasteiger partial charge in [0.1, 0.15) is 0 Å². The van der Waals surface area contributed by atoms with E-state index in [0.29, 0.717) is 19.0 Å². The third-order valence-corrected chi connectivity index (χ3v) is 1.72. The molecule has 1 aliphatic heterocycles. The van der Waals surface area contributed by atoms with Gasteiger partial charge in [-0.15, -0.1) is 0 Å². The van der Waals surface area contributed by atoms with Gasteiger partial charge < -0.3 is 9.72 Å². The number of hydrogen-bond acceptors (Lipinski definition) is 3. The minimum Gasteiger partial charge on any atom is -0.375 e. The fourth-order valence-corrected chi connectivity index (χ4v) is 1.19. The summed E-state index contributed by atoms with van der Waals surface area (Å²) < 4.78 is 5.17. The summed E-state index contributed by atoms with van der Waals surface area (Å²) in [5.41, 5.74) is 1.91. The van der Waals surface area contributed by atoms with Gasteiger partial charge in [-0.05, 0) is 0 Å². The van der Waals surface area contributed by atoms with Gasteiger partial charge in [-0.25, -0.2) is 4.98 Å². The number of imidazole rings is 1. The standard InChI is InChI=1S/C7H8N2O2/c10-3-7-8-5-1-2-11-4-6(5)9-7/h3H,1-2,4H2,(H,8,9). The SMILES string of the molecule is O=Cc1nc2c([nH]1)COCC2. The van der Waals surface area contributed by atoms with Crippen LogP contribution in [-0.4, -0.2) is 22.9 Å². The van der Waals surface area contributed by atoms with E-state index in [4.69, 9.17) is 4.74 Å². The van der Waals surface area contributed by atoms with Crippen LogP contribution in [0.3, 0.4) is 0 Å². The van der Waals surface area contributed by atoms with Gasteiger partial charge in [0, 0.05) is 6.42 Å². The zero-order valence-electron chi connectivity index (χ0n) is 5.96. The zero-order valence-corrected chi connectivity index (χ0v) is 5.96. The number of nitrogens with one attached hydrogen (secondary N) is 1. The van der Waals surface area contributed by atoms with Crippen LogP contribution < -0.4 is 0 Å². The number of H-pyrrole nitrogens is 1. The van der Waals surface area contributed by atoms with E-state index < -0.39 is 0 Å². The van der Waals surface area contributed by atoms with Gasteiger partial charge in [-0.2, -0.15) is 0 Å². The number of ether oxygens (including phenoxy) is 1. The smallest absolute Gasteiger partial charge is 0.185 e. The van der Waals surface area contributed by atoms with E-state index in [0.717, 1.165) is 24.1 Å². The minimum absolute atomic E-state index is 0.403. The first-order chi connectivity index (χ1) is 5.40. The molecule has 0 radical (unpaired) electrons. The van der Waals surface area contributed by atoms with Crippen LogP contribution in [0.4, 0.5) is 0 Å². The van der Waals surface area contributed by atoms with Crippen LogP contribution in [0.25, 0.3) is 0 Å². The van der Waals surface area contributed by atoms with Crippen molar-refractivity contribution in [2.75, 3.05) is 6.61 Å². The summed E-state index contributed by atoms with van der Waals surface area (Å²) in [5, 5.41) is 0. The van der Waals surface area contributed by atoms with Crippen molar-refractivity contribution < 1.29 is 9.53 Å². The van der Waals surface area contributed by atoms with E-state index in [9.17, 15) is 4.79 Å². The number of aromatic nitrogens is 2. The molecule has 4 nitrogen and oxygen atoms in total. The average Bonchev–Trinajstić information content (AvgIpc) is 2.46. The van der Waals surface area contributed by atoms with Crippen LogP contribution in [-0.2, 0) is 17.8 Å². The molecule has 1 aromatic heterocycles. The number of carbonyl (C=O) groups excluding carboxylic acids is 1. The Kier molecular flexibility index (Phi) is 1.47. The summed E-state index contributed by atoms with van der Waals surface area (Å²) in [6, 6.07) is 0. The molecule has 0 fully saturated rings. The van der Waals surface area contributed by atoms with Crippen LogP contribution in [0.5, 0.6) is 0 Å². The van der Waals surface area contributed by atoms with Crippen molar-refractivity contribution >= 4 is 6.29 Å². The highest BCUT2D eigenvalue weighted by molar-refractivity contribution is 5.69. The van der Waals surface area contributed by atoms with Crippen molar-refractivity contribution in [1.29, 1.82) is 0 Å². The molecular weight excluding hydrogens is 144 g/mol. The third-order valence-electron chi connectivity index (χ3n) is 1.72. The summed E-state index contributed by atoms with van der Waals surface area (Å²) in [6.45, 7) is 1.26. The highest BCUT2D eigenvalue weighted by atomic mass is 16.5. The Morgan fingerprint density at radius 1 is 1.64 bits per heavy atom. The minimum atomic E-state index is 0.403. The number of aldehydes is 1. The fraction of sp³-hybridized carbons (Fsp3) is 0.429.